The maximum Gasteiger partial charge on any atom is 0.303 e. The Morgan fingerprint density at radius 2 is 1.39 bits per heavy atom. The van der Waals surface area contributed by atoms with Gasteiger partial charge >= 0.3 is 23.9 Å². The van der Waals surface area contributed by atoms with Crippen molar-refractivity contribution in [2.24, 2.45) is 0 Å². The van der Waals surface area contributed by atoms with E-state index in [2.05, 4.69) is 6.92 Å². The Morgan fingerprint density at radius 1 is 0.816 bits per heavy atom. The quantitative estimate of drug-likeness (QED) is 0.233. The molecule has 2 rings (SSSR count). The van der Waals surface area contributed by atoms with E-state index < -0.39 is 54.6 Å². The highest BCUT2D eigenvalue weighted by Crippen LogP contribution is 2.37. The molecule has 212 valence electrons. The van der Waals surface area contributed by atoms with Gasteiger partial charge in [-0.1, -0.05) is 13.3 Å². The molecule has 38 heavy (non-hydrogen) atoms. The predicted octanol–water partition coefficient (Wildman–Crippen LogP) is 3.25. The van der Waals surface area contributed by atoms with Gasteiger partial charge in [-0.05, 0) is 49.9 Å². The zero-order valence-corrected chi connectivity index (χ0v) is 23.3. The zero-order valence-electron chi connectivity index (χ0n) is 23.3. The highest BCUT2D eigenvalue weighted by atomic mass is 16.7. The predicted molar refractivity (Wildman–Crippen MR) is 134 cm³/mol. The number of aryl methyl sites for hydroxylation is 1. The van der Waals surface area contributed by atoms with E-state index in [9.17, 15) is 19.2 Å². The lowest BCUT2D eigenvalue weighted by molar-refractivity contribution is -0.288. The first-order chi connectivity index (χ1) is 17.8. The van der Waals surface area contributed by atoms with Crippen LogP contribution < -0.4 is 9.47 Å². The van der Waals surface area contributed by atoms with Crippen LogP contribution in [0.1, 0.15) is 64.2 Å². The van der Waals surface area contributed by atoms with Crippen molar-refractivity contribution in [3.8, 4) is 11.5 Å². The van der Waals surface area contributed by atoms with E-state index in [4.69, 9.17) is 33.2 Å². The van der Waals surface area contributed by atoms with E-state index in [-0.39, 0.29) is 6.61 Å². The summed E-state index contributed by atoms with van der Waals surface area (Å²) in [6.07, 6.45) is -4.35. The van der Waals surface area contributed by atoms with Gasteiger partial charge in [0.15, 0.2) is 12.2 Å². The van der Waals surface area contributed by atoms with Crippen LogP contribution in [0.5, 0.6) is 11.5 Å². The molecule has 11 heteroatoms. The average molecular weight is 539 g/mol. The number of hydrogen-bond acceptors (Lipinski definition) is 11. The minimum Gasteiger partial charge on any atom is -0.493 e. The van der Waals surface area contributed by atoms with Crippen LogP contribution in [0.15, 0.2) is 6.07 Å². The molecule has 1 aliphatic rings. The Balaban J connectivity index is 2.52. The van der Waals surface area contributed by atoms with Crippen molar-refractivity contribution in [3.63, 3.8) is 0 Å². The molecule has 0 radical (unpaired) electrons. The summed E-state index contributed by atoms with van der Waals surface area (Å²) < 4.78 is 39.7. The molecule has 0 aromatic heterocycles. The van der Waals surface area contributed by atoms with Crippen LogP contribution in [0.3, 0.4) is 0 Å². The normalized spacial score (nSPS) is 22.7. The monoisotopic (exact) mass is 538 g/mol. The fourth-order valence-corrected chi connectivity index (χ4v) is 4.08. The second-order valence-electron chi connectivity index (χ2n) is 9.16. The fourth-order valence-electron chi connectivity index (χ4n) is 4.08. The molecule has 0 bridgehead atoms. The summed E-state index contributed by atoms with van der Waals surface area (Å²) in [5, 5.41) is 0. The zero-order chi connectivity index (χ0) is 28.6. The van der Waals surface area contributed by atoms with Crippen molar-refractivity contribution >= 4 is 23.9 Å². The second-order valence-corrected chi connectivity index (χ2v) is 9.16. The molecule has 5 atom stereocenters. The maximum atomic E-state index is 12.1. The van der Waals surface area contributed by atoms with Gasteiger partial charge in [-0.2, -0.15) is 0 Å². The summed E-state index contributed by atoms with van der Waals surface area (Å²) in [5.74, 6) is -1.54. The lowest BCUT2D eigenvalue weighted by Gasteiger charge is -2.44. The molecule has 1 saturated heterocycles. The number of ether oxygens (including phenoxy) is 7. The molecule has 1 aromatic rings. The minimum atomic E-state index is -1.31. The lowest BCUT2D eigenvalue weighted by atomic mass is 9.97. The summed E-state index contributed by atoms with van der Waals surface area (Å²) >= 11 is 0. The molecule has 0 aliphatic carbocycles. The number of carbonyl (C=O) groups excluding carboxylic acids is 4. The van der Waals surface area contributed by atoms with E-state index in [1.165, 1.54) is 13.8 Å². The molecule has 0 unspecified atom stereocenters. The first kappa shape index (κ1) is 30.9. The molecule has 0 saturated carbocycles. The van der Waals surface area contributed by atoms with E-state index >= 15 is 0 Å². The van der Waals surface area contributed by atoms with Gasteiger partial charge in [0.05, 0.1) is 6.61 Å². The van der Waals surface area contributed by atoms with Crippen LogP contribution in [0.25, 0.3) is 0 Å². The molecular weight excluding hydrogens is 500 g/mol. The molecule has 0 amide bonds. The molecule has 1 fully saturated rings. The van der Waals surface area contributed by atoms with Crippen LogP contribution in [-0.4, -0.2) is 67.8 Å². The lowest BCUT2D eigenvalue weighted by Crippen LogP contribution is -2.63. The van der Waals surface area contributed by atoms with E-state index in [0.717, 1.165) is 49.1 Å². The van der Waals surface area contributed by atoms with E-state index in [1.807, 2.05) is 26.8 Å². The maximum absolute atomic E-state index is 12.1. The van der Waals surface area contributed by atoms with Gasteiger partial charge in [0, 0.05) is 27.7 Å². The second kappa shape index (κ2) is 14.0. The van der Waals surface area contributed by atoms with Crippen LogP contribution in [0.4, 0.5) is 0 Å². The van der Waals surface area contributed by atoms with E-state index in [1.54, 1.807) is 0 Å². The molecule has 0 N–H and O–H groups in total. The molecular formula is C27H38O11. The average Bonchev–Trinajstić information content (AvgIpc) is 2.81. The number of unbranched alkanes of at least 4 members (excludes halogenated alkanes) is 1. The van der Waals surface area contributed by atoms with Crippen molar-refractivity contribution in [2.75, 3.05) is 13.2 Å². The van der Waals surface area contributed by atoms with Crippen molar-refractivity contribution in [1.82, 2.24) is 0 Å². The molecule has 0 spiro atoms. The summed E-state index contributed by atoms with van der Waals surface area (Å²) in [6.45, 7) is 12.6. The van der Waals surface area contributed by atoms with Crippen LogP contribution in [0.2, 0.25) is 0 Å². The van der Waals surface area contributed by atoms with Gasteiger partial charge in [0.25, 0.3) is 0 Å². The van der Waals surface area contributed by atoms with Crippen LogP contribution in [0, 0.1) is 20.8 Å². The third-order valence-corrected chi connectivity index (χ3v) is 5.92. The number of hydrogen-bond donors (Lipinski definition) is 0. The standard InChI is InChI=1S/C27H38O11/c1-9-10-11-32-21-12-14(2)23(16(4)15(21)3)38-27-26(36-20(8)31)25(35-19(7)30)24(34-18(6)29)22(37-27)13-33-17(5)28/h12,22,24-27H,9-11,13H2,1-8H3/t22-,24-,25+,26-,27+/m1/s1. The Bertz CT molecular complexity index is 1020. The van der Waals surface area contributed by atoms with E-state index in [0.29, 0.717) is 12.4 Å². The third-order valence-electron chi connectivity index (χ3n) is 5.92. The largest absolute Gasteiger partial charge is 0.493 e. The molecule has 1 heterocycles. The molecule has 1 aliphatic heterocycles. The third kappa shape index (κ3) is 8.34. The first-order valence-corrected chi connectivity index (χ1v) is 12.6. The Hall–Kier alpha value is -3.34. The van der Waals surface area contributed by atoms with Crippen molar-refractivity contribution in [1.29, 1.82) is 0 Å². The summed E-state index contributed by atoms with van der Waals surface area (Å²) in [4.78, 5) is 47.5. The summed E-state index contributed by atoms with van der Waals surface area (Å²) in [5.41, 5.74) is 2.35. The van der Waals surface area contributed by atoms with Gasteiger partial charge in [0.2, 0.25) is 12.4 Å². The number of esters is 4. The van der Waals surface area contributed by atoms with Gasteiger partial charge in [-0.3, -0.25) is 19.2 Å². The Labute approximate surface area is 223 Å². The highest BCUT2D eigenvalue weighted by molar-refractivity contribution is 5.68. The molecule has 1 aromatic carbocycles. The fraction of sp³-hybridized carbons (Fsp3) is 0.630. The van der Waals surface area contributed by atoms with Gasteiger partial charge in [-0.25, -0.2) is 0 Å². The number of carbonyl (C=O) groups is 4. The highest BCUT2D eigenvalue weighted by Gasteiger charge is 2.53. The minimum absolute atomic E-state index is 0.334. The summed E-state index contributed by atoms with van der Waals surface area (Å²) in [7, 11) is 0. The van der Waals surface area contributed by atoms with Crippen LogP contribution in [-0.2, 0) is 42.9 Å². The first-order valence-electron chi connectivity index (χ1n) is 12.6. The van der Waals surface area contributed by atoms with Gasteiger partial charge < -0.3 is 33.2 Å². The van der Waals surface area contributed by atoms with Crippen molar-refractivity contribution < 1.29 is 52.3 Å². The molecule has 11 nitrogen and oxygen atoms in total. The van der Waals surface area contributed by atoms with Crippen LogP contribution >= 0.6 is 0 Å². The number of rotatable bonds is 11. The van der Waals surface area contributed by atoms with Gasteiger partial charge in [-0.15, -0.1) is 0 Å². The summed E-state index contributed by atoms with van der Waals surface area (Å²) in [6, 6.07) is 1.85. The number of benzene rings is 1. The SMILES string of the molecule is CCCCOc1cc(C)c(O[C@@H]2O[C@H](COC(C)=O)[C@@H](OC(C)=O)[C@H](OC(C)=O)[C@H]2OC(C)=O)c(C)c1C. The van der Waals surface area contributed by atoms with Crippen molar-refractivity contribution in [2.45, 2.75) is 98.9 Å². The van der Waals surface area contributed by atoms with Crippen molar-refractivity contribution in [3.05, 3.63) is 22.8 Å². The Kier molecular flexibility index (Phi) is 11.4. The Morgan fingerprint density at radius 3 is 1.95 bits per heavy atom. The smallest absolute Gasteiger partial charge is 0.303 e. The topological polar surface area (TPSA) is 133 Å². The van der Waals surface area contributed by atoms with Gasteiger partial charge in [0.1, 0.15) is 24.2 Å².